The number of ether oxygens (including phenoxy) is 1. The number of nitrogens with zero attached hydrogens (tertiary/aromatic N) is 1. The largest absolute Gasteiger partial charge is 0.378 e. The van der Waals surface area contributed by atoms with Gasteiger partial charge < -0.3 is 4.74 Å². The van der Waals surface area contributed by atoms with E-state index in [-0.39, 0.29) is 5.54 Å². The van der Waals surface area contributed by atoms with Gasteiger partial charge in [0.2, 0.25) is 0 Å². The first kappa shape index (κ1) is 10.0. The van der Waals surface area contributed by atoms with Crippen LogP contribution in [0.1, 0.15) is 34.6 Å². The average molecular weight is 171 g/mol. The lowest BCUT2D eigenvalue weighted by molar-refractivity contribution is -0.0778. The van der Waals surface area contributed by atoms with E-state index >= 15 is 0 Å². The predicted molar refractivity (Wildman–Crippen MR) is 51.3 cm³/mol. The van der Waals surface area contributed by atoms with Gasteiger partial charge in [-0.2, -0.15) is 0 Å². The highest BCUT2D eigenvalue weighted by Gasteiger charge is 2.33. The van der Waals surface area contributed by atoms with E-state index in [1.54, 1.807) is 0 Å². The zero-order valence-electron chi connectivity index (χ0n) is 8.92. The SMILES string of the molecule is C[C@@H]1COC[C@@H](C)N1C(C)(C)C. The molecular weight excluding hydrogens is 150 g/mol. The van der Waals surface area contributed by atoms with E-state index in [2.05, 4.69) is 39.5 Å². The Morgan fingerprint density at radius 1 is 1.08 bits per heavy atom. The average Bonchev–Trinajstić information content (AvgIpc) is 1.82. The van der Waals surface area contributed by atoms with Crippen LogP contribution in [0.4, 0.5) is 0 Å². The van der Waals surface area contributed by atoms with Gasteiger partial charge >= 0.3 is 0 Å². The molecule has 1 rings (SSSR count). The van der Waals surface area contributed by atoms with Crippen LogP contribution < -0.4 is 0 Å². The van der Waals surface area contributed by atoms with Crippen molar-refractivity contribution in [1.29, 1.82) is 0 Å². The maximum Gasteiger partial charge on any atom is 0.0620 e. The molecule has 2 atom stereocenters. The Labute approximate surface area is 75.9 Å². The molecular formula is C10H21NO. The minimum absolute atomic E-state index is 0.266. The summed E-state index contributed by atoms with van der Waals surface area (Å²) in [5.41, 5.74) is 0.266. The van der Waals surface area contributed by atoms with Gasteiger partial charge in [0.1, 0.15) is 0 Å². The van der Waals surface area contributed by atoms with Crippen molar-refractivity contribution in [2.45, 2.75) is 52.2 Å². The molecule has 0 radical (unpaired) electrons. The topological polar surface area (TPSA) is 12.5 Å². The molecule has 12 heavy (non-hydrogen) atoms. The summed E-state index contributed by atoms with van der Waals surface area (Å²) in [7, 11) is 0. The van der Waals surface area contributed by atoms with Crippen LogP contribution in [0.3, 0.4) is 0 Å². The third-order valence-corrected chi connectivity index (χ3v) is 2.44. The highest BCUT2D eigenvalue weighted by Crippen LogP contribution is 2.23. The van der Waals surface area contributed by atoms with Crippen LogP contribution in [-0.2, 0) is 4.74 Å². The monoisotopic (exact) mass is 171 g/mol. The lowest BCUT2D eigenvalue weighted by atomic mass is 9.99. The molecule has 0 amide bonds. The highest BCUT2D eigenvalue weighted by molar-refractivity contribution is 4.87. The summed E-state index contributed by atoms with van der Waals surface area (Å²) >= 11 is 0. The third-order valence-electron chi connectivity index (χ3n) is 2.44. The summed E-state index contributed by atoms with van der Waals surface area (Å²) in [5.74, 6) is 0. The van der Waals surface area contributed by atoms with Crippen LogP contribution in [0.15, 0.2) is 0 Å². The van der Waals surface area contributed by atoms with Gasteiger partial charge in [-0.25, -0.2) is 0 Å². The molecule has 1 heterocycles. The third kappa shape index (κ3) is 1.99. The lowest BCUT2D eigenvalue weighted by Crippen LogP contribution is -2.57. The molecule has 0 aromatic heterocycles. The normalized spacial score (nSPS) is 33.8. The molecule has 0 saturated carbocycles. The fraction of sp³-hybridized carbons (Fsp3) is 1.00. The van der Waals surface area contributed by atoms with E-state index in [1.165, 1.54) is 0 Å². The number of rotatable bonds is 0. The molecule has 1 aliphatic rings. The molecule has 0 aromatic carbocycles. The fourth-order valence-corrected chi connectivity index (χ4v) is 2.33. The Bertz CT molecular complexity index is 140. The molecule has 72 valence electrons. The molecule has 2 nitrogen and oxygen atoms in total. The van der Waals surface area contributed by atoms with Gasteiger partial charge in [0.05, 0.1) is 13.2 Å². The van der Waals surface area contributed by atoms with Crippen molar-refractivity contribution >= 4 is 0 Å². The zero-order valence-corrected chi connectivity index (χ0v) is 8.92. The second-order valence-corrected chi connectivity index (χ2v) is 4.81. The summed E-state index contributed by atoms with van der Waals surface area (Å²) in [6.45, 7) is 13.0. The molecule has 0 aromatic rings. The van der Waals surface area contributed by atoms with Gasteiger partial charge in [0.15, 0.2) is 0 Å². The van der Waals surface area contributed by atoms with E-state index < -0.39 is 0 Å². The molecule has 0 bridgehead atoms. The molecule has 1 saturated heterocycles. The van der Waals surface area contributed by atoms with Crippen molar-refractivity contribution in [1.82, 2.24) is 4.90 Å². The van der Waals surface area contributed by atoms with Crippen LogP contribution in [0, 0.1) is 0 Å². The van der Waals surface area contributed by atoms with Gasteiger partial charge in [0.25, 0.3) is 0 Å². The Morgan fingerprint density at radius 2 is 1.50 bits per heavy atom. The van der Waals surface area contributed by atoms with Crippen LogP contribution in [0.2, 0.25) is 0 Å². The maximum atomic E-state index is 5.48. The minimum atomic E-state index is 0.266. The van der Waals surface area contributed by atoms with E-state index in [1.807, 2.05) is 0 Å². The van der Waals surface area contributed by atoms with Gasteiger partial charge in [-0.3, -0.25) is 4.90 Å². The summed E-state index contributed by atoms with van der Waals surface area (Å²) in [4.78, 5) is 2.54. The summed E-state index contributed by atoms with van der Waals surface area (Å²) in [5, 5.41) is 0. The van der Waals surface area contributed by atoms with Crippen molar-refractivity contribution in [2.24, 2.45) is 0 Å². The van der Waals surface area contributed by atoms with Crippen molar-refractivity contribution in [3.63, 3.8) is 0 Å². The first-order valence-electron chi connectivity index (χ1n) is 4.79. The van der Waals surface area contributed by atoms with Crippen molar-refractivity contribution in [3.05, 3.63) is 0 Å². The summed E-state index contributed by atoms with van der Waals surface area (Å²) in [6.07, 6.45) is 0. The summed E-state index contributed by atoms with van der Waals surface area (Å²) < 4.78 is 5.48. The van der Waals surface area contributed by atoms with E-state index in [9.17, 15) is 0 Å². The fourth-order valence-electron chi connectivity index (χ4n) is 2.33. The second kappa shape index (κ2) is 3.35. The van der Waals surface area contributed by atoms with Gasteiger partial charge in [-0.05, 0) is 34.6 Å². The quantitative estimate of drug-likeness (QED) is 0.552. The van der Waals surface area contributed by atoms with Crippen molar-refractivity contribution in [2.75, 3.05) is 13.2 Å². The highest BCUT2D eigenvalue weighted by atomic mass is 16.5. The Morgan fingerprint density at radius 3 is 1.75 bits per heavy atom. The second-order valence-electron chi connectivity index (χ2n) is 4.81. The van der Waals surface area contributed by atoms with Gasteiger partial charge in [-0.15, -0.1) is 0 Å². The number of morpholine rings is 1. The first-order chi connectivity index (χ1) is 5.43. The van der Waals surface area contributed by atoms with Gasteiger partial charge in [0, 0.05) is 17.6 Å². The summed E-state index contributed by atoms with van der Waals surface area (Å²) in [6, 6.07) is 1.10. The zero-order chi connectivity index (χ0) is 9.35. The number of hydrogen-bond acceptors (Lipinski definition) is 2. The predicted octanol–water partition coefficient (Wildman–Crippen LogP) is 1.89. The Hall–Kier alpha value is -0.0800. The van der Waals surface area contributed by atoms with Crippen LogP contribution in [0.25, 0.3) is 0 Å². The van der Waals surface area contributed by atoms with E-state index in [0.29, 0.717) is 12.1 Å². The minimum Gasteiger partial charge on any atom is -0.378 e. The molecule has 1 aliphatic heterocycles. The standard InChI is InChI=1S/C10H21NO/c1-8-6-12-7-9(2)11(8)10(3,4)5/h8-9H,6-7H2,1-5H3/t8-,9-/m1/s1. The molecule has 2 heteroatoms. The van der Waals surface area contributed by atoms with Gasteiger partial charge in [-0.1, -0.05) is 0 Å². The van der Waals surface area contributed by atoms with Crippen LogP contribution in [-0.4, -0.2) is 35.7 Å². The van der Waals surface area contributed by atoms with E-state index in [0.717, 1.165) is 13.2 Å². The number of hydrogen-bond donors (Lipinski definition) is 0. The smallest absolute Gasteiger partial charge is 0.0620 e. The first-order valence-corrected chi connectivity index (χ1v) is 4.79. The van der Waals surface area contributed by atoms with Crippen LogP contribution >= 0.6 is 0 Å². The molecule has 0 spiro atoms. The molecule has 0 unspecified atom stereocenters. The molecule has 0 aliphatic carbocycles. The van der Waals surface area contributed by atoms with Crippen molar-refractivity contribution in [3.8, 4) is 0 Å². The van der Waals surface area contributed by atoms with Crippen LogP contribution in [0.5, 0.6) is 0 Å². The Kier molecular flexibility index (Phi) is 2.79. The maximum absolute atomic E-state index is 5.48. The molecule has 1 fully saturated rings. The van der Waals surface area contributed by atoms with E-state index in [4.69, 9.17) is 4.74 Å². The Balaban J connectivity index is 2.69. The lowest BCUT2D eigenvalue weighted by Gasteiger charge is -2.47. The van der Waals surface area contributed by atoms with Crippen molar-refractivity contribution < 1.29 is 4.74 Å². The molecule has 0 N–H and O–H groups in total.